The van der Waals surface area contributed by atoms with E-state index in [0.29, 0.717) is 0 Å². The summed E-state index contributed by atoms with van der Waals surface area (Å²) in [6.07, 6.45) is 4.59. The zero-order valence-corrected chi connectivity index (χ0v) is 14.7. The van der Waals surface area contributed by atoms with Gasteiger partial charge in [-0.15, -0.1) is 11.3 Å². The van der Waals surface area contributed by atoms with Crippen LogP contribution in [0.4, 0.5) is 0 Å². The Morgan fingerprint density at radius 1 is 1.35 bits per heavy atom. The molecule has 0 bridgehead atoms. The molecule has 108 valence electrons. The third-order valence-corrected chi connectivity index (χ3v) is 4.48. The molecule has 1 unspecified atom stereocenters. The van der Waals surface area contributed by atoms with E-state index in [9.17, 15) is 0 Å². The van der Waals surface area contributed by atoms with Gasteiger partial charge in [0.2, 0.25) is 0 Å². The molecule has 20 heavy (non-hydrogen) atoms. The van der Waals surface area contributed by atoms with Crippen LogP contribution in [0, 0.1) is 0 Å². The van der Waals surface area contributed by atoms with Crippen LogP contribution in [0.2, 0.25) is 0 Å². The van der Waals surface area contributed by atoms with Crippen molar-refractivity contribution in [2.45, 2.75) is 38.6 Å². The number of aromatic nitrogens is 2. The number of nitrogens with zero attached hydrogens (tertiary/aromatic N) is 2. The Labute approximate surface area is 133 Å². The van der Waals surface area contributed by atoms with E-state index in [1.807, 2.05) is 13.2 Å². The molecule has 2 aromatic rings. The average molecular weight is 354 g/mol. The molecule has 0 spiro atoms. The van der Waals surface area contributed by atoms with Crippen LogP contribution in [0.15, 0.2) is 28.3 Å². The zero-order chi connectivity index (χ0) is 14.8. The molecular weight excluding hydrogens is 334 g/mol. The van der Waals surface area contributed by atoms with Gasteiger partial charge in [0.1, 0.15) is 0 Å². The van der Waals surface area contributed by atoms with E-state index in [0.717, 1.165) is 15.9 Å². The molecule has 0 aromatic carbocycles. The molecule has 2 aromatic heterocycles. The minimum absolute atomic E-state index is 0.112. The van der Waals surface area contributed by atoms with Crippen LogP contribution in [0.1, 0.15) is 43.1 Å². The first kappa shape index (κ1) is 15.6. The summed E-state index contributed by atoms with van der Waals surface area (Å²) >= 11 is 5.21. The molecule has 0 aliphatic heterocycles. The van der Waals surface area contributed by atoms with E-state index in [-0.39, 0.29) is 11.5 Å². The van der Waals surface area contributed by atoms with Crippen molar-refractivity contribution >= 4 is 27.3 Å². The van der Waals surface area contributed by atoms with E-state index in [2.05, 4.69) is 58.4 Å². The highest BCUT2D eigenvalue weighted by Gasteiger charge is 2.19. The summed E-state index contributed by atoms with van der Waals surface area (Å²) in [5, 5.41) is 6.68. The highest BCUT2D eigenvalue weighted by Crippen LogP contribution is 2.27. The molecule has 1 atom stereocenters. The van der Waals surface area contributed by atoms with Gasteiger partial charge < -0.3 is 5.32 Å². The first-order chi connectivity index (χ1) is 9.40. The lowest BCUT2D eigenvalue weighted by Gasteiger charge is -2.16. The van der Waals surface area contributed by atoms with Crippen LogP contribution in [0.5, 0.6) is 0 Å². The minimum atomic E-state index is 0.112. The quantitative estimate of drug-likeness (QED) is 0.898. The van der Waals surface area contributed by atoms with Gasteiger partial charge in [0, 0.05) is 40.1 Å². The van der Waals surface area contributed by atoms with Crippen molar-refractivity contribution in [3.05, 3.63) is 44.6 Å². The summed E-state index contributed by atoms with van der Waals surface area (Å²) in [5.74, 6) is 0. The Hall–Kier alpha value is -0.780. The van der Waals surface area contributed by atoms with E-state index < -0.39 is 0 Å². The highest BCUT2D eigenvalue weighted by atomic mass is 79.9. The maximum Gasteiger partial charge on any atom is 0.0947 e. The van der Waals surface area contributed by atoms with Crippen LogP contribution in [-0.2, 0) is 11.8 Å². The molecule has 0 saturated heterocycles. The molecule has 2 rings (SSSR count). The monoisotopic (exact) mass is 353 g/mol. The van der Waals surface area contributed by atoms with Gasteiger partial charge in [-0.2, -0.15) is 0 Å². The van der Waals surface area contributed by atoms with Crippen molar-refractivity contribution in [2.75, 3.05) is 7.05 Å². The maximum atomic E-state index is 4.76. The summed E-state index contributed by atoms with van der Waals surface area (Å²) in [5.41, 5.74) is 2.45. The van der Waals surface area contributed by atoms with Gasteiger partial charge in [0.15, 0.2) is 0 Å². The maximum absolute atomic E-state index is 4.76. The van der Waals surface area contributed by atoms with Crippen molar-refractivity contribution in [1.29, 1.82) is 0 Å². The largest absolute Gasteiger partial charge is 0.313 e. The lowest BCUT2D eigenvalue weighted by Crippen LogP contribution is -2.19. The molecule has 0 aliphatic carbocycles. The summed E-state index contributed by atoms with van der Waals surface area (Å²) < 4.78 is 1.00. The van der Waals surface area contributed by atoms with E-state index >= 15 is 0 Å². The second-order valence-corrected chi connectivity index (χ2v) is 7.72. The van der Waals surface area contributed by atoms with E-state index in [1.165, 1.54) is 11.3 Å². The molecule has 0 aliphatic rings. The van der Waals surface area contributed by atoms with E-state index in [1.54, 1.807) is 17.5 Å². The lowest BCUT2D eigenvalue weighted by atomic mass is 9.93. The molecule has 0 amide bonds. The van der Waals surface area contributed by atoms with Gasteiger partial charge in [-0.3, -0.25) is 4.98 Å². The smallest absolute Gasteiger partial charge is 0.0947 e. The molecule has 0 radical (unpaired) electrons. The van der Waals surface area contributed by atoms with Crippen LogP contribution in [0.25, 0.3) is 0 Å². The number of thiazole rings is 1. The average Bonchev–Trinajstić information content (AvgIpc) is 2.84. The fourth-order valence-corrected chi connectivity index (χ4v) is 3.38. The number of rotatable bonds is 4. The van der Waals surface area contributed by atoms with Gasteiger partial charge in [0.25, 0.3) is 0 Å². The Kier molecular flexibility index (Phi) is 4.94. The number of hydrogen-bond acceptors (Lipinski definition) is 4. The molecule has 1 N–H and O–H groups in total. The Balaban J connectivity index is 2.16. The summed E-state index contributed by atoms with van der Waals surface area (Å²) in [6.45, 7) is 6.58. The lowest BCUT2D eigenvalue weighted by molar-refractivity contribution is 0.559. The first-order valence-electron chi connectivity index (χ1n) is 6.62. The Morgan fingerprint density at radius 3 is 2.65 bits per heavy atom. The summed E-state index contributed by atoms with van der Waals surface area (Å²) in [7, 11) is 1.98. The van der Waals surface area contributed by atoms with Crippen molar-refractivity contribution in [3.8, 4) is 0 Å². The predicted octanol–water partition coefficient (Wildman–Crippen LogP) is 4.10. The van der Waals surface area contributed by atoms with E-state index in [4.69, 9.17) is 4.98 Å². The molecule has 0 saturated carbocycles. The zero-order valence-electron chi connectivity index (χ0n) is 12.3. The second kappa shape index (κ2) is 6.33. The predicted molar refractivity (Wildman–Crippen MR) is 88.3 cm³/mol. The van der Waals surface area contributed by atoms with Crippen LogP contribution >= 0.6 is 27.3 Å². The van der Waals surface area contributed by atoms with Crippen molar-refractivity contribution in [3.63, 3.8) is 0 Å². The number of nitrogens with one attached hydrogen (secondary N) is 1. The third kappa shape index (κ3) is 3.87. The Morgan fingerprint density at radius 2 is 2.10 bits per heavy atom. The number of hydrogen-bond donors (Lipinski definition) is 1. The van der Waals surface area contributed by atoms with Gasteiger partial charge in [-0.1, -0.05) is 20.8 Å². The number of pyridine rings is 1. The fraction of sp³-hybridized carbons (Fsp3) is 0.467. The van der Waals surface area contributed by atoms with Crippen LogP contribution in [-0.4, -0.2) is 17.0 Å². The molecule has 2 heterocycles. The van der Waals surface area contributed by atoms with Crippen LogP contribution in [0.3, 0.4) is 0 Å². The molecule has 3 nitrogen and oxygen atoms in total. The van der Waals surface area contributed by atoms with Crippen molar-refractivity contribution in [2.24, 2.45) is 0 Å². The highest BCUT2D eigenvalue weighted by molar-refractivity contribution is 9.10. The third-order valence-electron chi connectivity index (χ3n) is 3.18. The van der Waals surface area contributed by atoms with Crippen LogP contribution < -0.4 is 5.32 Å². The van der Waals surface area contributed by atoms with Crippen molar-refractivity contribution in [1.82, 2.24) is 15.3 Å². The second-order valence-electron chi connectivity index (χ2n) is 5.86. The summed E-state index contributed by atoms with van der Waals surface area (Å²) in [4.78, 5) is 9.00. The fourth-order valence-electron chi connectivity index (χ4n) is 1.93. The standard InChI is InChI=1S/C15H20BrN3S/c1-15(2,3)13-9-20-14(19-13)6-12(17-4)10-5-11(16)8-18-7-10/h5,7-9,12,17H,6H2,1-4H3. The topological polar surface area (TPSA) is 37.8 Å². The summed E-state index contributed by atoms with van der Waals surface area (Å²) in [6, 6.07) is 2.34. The molecule has 5 heteroatoms. The number of halogens is 1. The minimum Gasteiger partial charge on any atom is -0.313 e. The SMILES string of the molecule is CNC(Cc1nc(C(C)(C)C)cs1)c1cncc(Br)c1. The van der Waals surface area contributed by atoms with Crippen molar-refractivity contribution < 1.29 is 0 Å². The van der Waals surface area contributed by atoms with Gasteiger partial charge in [0.05, 0.1) is 10.7 Å². The number of likely N-dealkylation sites (N-methyl/N-ethyl adjacent to an activating group) is 1. The first-order valence-corrected chi connectivity index (χ1v) is 8.30. The Bertz CT molecular complexity index is 574. The molecular formula is C15H20BrN3S. The van der Waals surface area contributed by atoms with Gasteiger partial charge >= 0.3 is 0 Å². The van der Waals surface area contributed by atoms with Gasteiger partial charge in [-0.05, 0) is 34.6 Å². The normalized spacial score (nSPS) is 13.4. The van der Waals surface area contributed by atoms with Gasteiger partial charge in [-0.25, -0.2) is 4.98 Å². The molecule has 0 fully saturated rings.